The first kappa shape index (κ1) is 20.0. The van der Waals surface area contributed by atoms with Gasteiger partial charge < -0.3 is 20.5 Å². The molecule has 3 N–H and O–H groups in total. The Hall–Kier alpha value is -3.28. The molecule has 1 saturated heterocycles. The lowest BCUT2D eigenvalue weighted by molar-refractivity contribution is 0.212. The van der Waals surface area contributed by atoms with E-state index < -0.39 is 0 Å². The summed E-state index contributed by atoms with van der Waals surface area (Å²) >= 11 is 0. The maximum Gasteiger partial charge on any atom is 0.251 e. The molecule has 8 heteroatoms. The summed E-state index contributed by atoms with van der Waals surface area (Å²) in [6.45, 7) is 2.52. The molecule has 4 rings (SSSR count). The Morgan fingerprint density at radius 2 is 2.20 bits per heavy atom. The molecule has 0 spiro atoms. The van der Waals surface area contributed by atoms with Crippen LogP contribution in [0, 0.1) is 11.3 Å². The topological polar surface area (TPSA) is 116 Å². The first-order valence-electron chi connectivity index (χ1n) is 10.1. The number of anilines is 1. The second-order valence-corrected chi connectivity index (χ2v) is 7.24. The Morgan fingerprint density at radius 3 is 3.00 bits per heavy atom. The van der Waals surface area contributed by atoms with E-state index in [1.54, 1.807) is 6.20 Å². The number of pyridine rings is 1. The lowest BCUT2D eigenvalue weighted by Crippen LogP contribution is -2.21. The summed E-state index contributed by atoms with van der Waals surface area (Å²) in [6.07, 6.45) is 5.55. The van der Waals surface area contributed by atoms with Crippen molar-refractivity contribution in [1.29, 1.82) is 5.26 Å². The van der Waals surface area contributed by atoms with Crippen molar-refractivity contribution in [2.75, 3.05) is 31.6 Å². The SMILES string of the molecule is N#Cc1ncc(Cc2cc3cccc(NCCCO)c3cn2)nc1O[C@@H]1CCNC1. The highest BCUT2D eigenvalue weighted by atomic mass is 16.5. The molecule has 154 valence electrons. The van der Waals surface area contributed by atoms with Crippen molar-refractivity contribution in [2.24, 2.45) is 0 Å². The third-order valence-corrected chi connectivity index (χ3v) is 5.02. The largest absolute Gasteiger partial charge is 0.471 e. The summed E-state index contributed by atoms with van der Waals surface area (Å²) in [5, 5.41) is 27.0. The highest BCUT2D eigenvalue weighted by Gasteiger charge is 2.19. The summed E-state index contributed by atoms with van der Waals surface area (Å²) in [5.41, 5.74) is 2.77. The minimum absolute atomic E-state index is 0.0113. The van der Waals surface area contributed by atoms with Crippen LogP contribution in [0.25, 0.3) is 10.8 Å². The van der Waals surface area contributed by atoms with Crippen LogP contribution in [0.1, 0.15) is 29.9 Å². The smallest absolute Gasteiger partial charge is 0.251 e. The molecule has 0 amide bonds. The molecule has 30 heavy (non-hydrogen) atoms. The van der Waals surface area contributed by atoms with Crippen LogP contribution in [0.4, 0.5) is 5.69 Å². The number of fused-ring (bicyclic) bond motifs is 1. The molecule has 8 nitrogen and oxygen atoms in total. The monoisotopic (exact) mass is 404 g/mol. The Labute approximate surface area is 175 Å². The molecule has 1 fully saturated rings. The van der Waals surface area contributed by atoms with Gasteiger partial charge in [0, 0.05) is 49.1 Å². The van der Waals surface area contributed by atoms with E-state index in [1.165, 1.54) is 0 Å². The molecule has 3 aromatic rings. The lowest BCUT2D eigenvalue weighted by Gasteiger charge is -2.13. The average molecular weight is 404 g/mol. The Kier molecular flexibility index (Phi) is 6.32. The highest BCUT2D eigenvalue weighted by molar-refractivity contribution is 5.93. The number of aliphatic hydroxyl groups excluding tert-OH is 1. The fraction of sp³-hybridized carbons (Fsp3) is 0.364. The molecule has 1 aliphatic rings. The number of nitrogens with zero attached hydrogens (tertiary/aromatic N) is 4. The van der Waals surface area contributed by atoms with E-state index in [0.29, 0.717) is 31.0 Å². The molecule has 0 bridgehead atoms. The van der Waals surface area contributed by atoms with Gasteiger partial charge in [-0.15, -0.1) is 0 Å². The number of rotatable bonds is 8. The van der Waals surface area contributed by atoms with Gasteiger partial charge in [0.2, 0.25) is 5.69 Å². The Balaban J connectivity index is 1.54. The second kappa shape index (κ2) is 9.48. The van der Waals surface area contributed by atoms with Crippen LogP contribution in [0.15, 0.2) is 36.7 Å². The van der Waals surface area contributed by atoms with Crippen molar-refractivity contribution in [2.45, 2.75) is 25.4 Å². The first-order valence-corrected chi connectivity index (χ1v) is 10.1. The van der Waals surface area contributed by atoms with Gasteiger partial charge in [0.1, 0.15) is 12.2 Å². The second-order valence-electron chi connectivity index (χ2n) is 7.24. The third-order valence-electron chi connectivity index (χ3n) is 5.02. The van der Waals surface area contributed by atoms with E-state index >= 15 is 0 Å². The number of hydrogen-bond donors (Lipinski definition) is 3. The van der Waals surface area contributed by atoms with Crippen molar-refractivity contribution in [3.8, 4) is 11.9 Å². The van der Waals surface area contributed by atoms with Crippen LogP contribution in [0.5, 0.6) is 5.88 Å². The van der Waals surface area contributed by atoms with Gasteiger partial charge >= 0.3 is 0 Å². The molecule has 0 unspecified atom stereocenters. The number of nitriles is 1. The average Bonchev–Trinajstić information content (AvgIpc) is 3.27. The van der Waals surface area contributed by atoms with Gasteiger partial charge in [0.25, 0.3) is 5.88 Å². The Morgan fingerprint density at radius 1 is 1.27 bits per heavy atom. The number of aliphatic hydroxyl groups is 1. The summed E-state index contributed by atoms with van der Waals surface area (Å²) in [5.74, 6) is 0.292. The molecule has 0 radical (unpaired) electrons. The summed E-state index contributed by atoms with van der Waals surface area (Å²) in [7, 11) is 0. The maximum absolute atomic E-state index is 9.31. The van der Waals surface area contributed by atoms with E-state index in [0.717, 1.165) is 41.7 Å². The number of ether oxygens (including phenoxy) is 1. The van der Waals surface area contributed by atoms with Crippen LogP contribution >= 0.6 is 0 Å². The van der Waals surface area contributed by atoms with E-state index in [9.17, 15) is 5.26 Å². The van der Waals surface area contributed by atoms with Crippen molar-refractivity contribution in [1.82, 2.24) is 20.3 Å². The van der Waals surface area contributed by atoms with Gasteiger partial charge in [0.15, 0.2) is 0 Å². The minimum Gasteiger partial charge on any atom is -0.471 e. The van der Waals surface area contributed by atoms with Gasteiger partial charge in [-0.3, -0.25) is 4.98 Å². The standard InChI is InChI=1S/C22H24N6O2/c23-11-21-22(30-18-5-7-24-13-18)28-17(12-27-21)10-16-9-15-3-1-4-20(19(15)14-26-16)25-6-2-8-29/h1,3-4,9,12,14,18,24-25,29H,2,5-8,10,13H2/t18-/m1/s1. The fourth-order valence-electron chi connectivity index (χ4n) is 3.49. The predicted octanol–water partition coefficient (Wildman–Crippen LogP) is 2.02. The van der Waals surface area contributed by atoms with E-state index in [4.69, 9.17) is 9.84 Å². The number of nitrogens with one attached hydrogen (secondary N) is 2. The fourth-order valence-corrected chi connectivity index (χ4v) is 3.49. The molecule has 1 aliphatic heterocycles. The molecular formula is C22H24N6O2. The van der Waals surface area contributed by atoms with Crippen LogP contribution in [-0.2, 0) is 6.42 Å². The minimum atomic E-state index is 0.0113. The number of hydrogen-bond acceptors (Lipinski definition) is 8. The van der Waals surface area contributed by atoms with Crippen LogP contribution in [0.3, 0.4) is 0 Å². The van der Waals surface area contributed by atoms with Crippen molar-refractivity contribution in [3.05, 3.63) is 53.7 Å². The first-order chi connectivity index (χ1) is 14.8. The molecular weight excluding hydrogens is 380 g/mol. The molecule has 0 aliphatic carbocycles. The van der Waals surface area contributed by atoms with E-state index in [1.807, 2.05) is 30.5 Å². The number of aromatic nitrogens is 3. The van der Waals surface area contributed by atoms with Gasteiger partial charge in [-0.25, -0.2) is 9.97 Å². The molecule has 1 atom stereocenters. The van der Waals surface area contributed by atoms with Gasteiger partial charge in [-0.1, -0.05) is 12.1 Å². The van der Waals surface area contributed by atoms with Crippen molar-refractivity contribution < 1.29 is 9.84 Å². The van der Waals surface area contributed by atoms with E-state index in [-0.39, 0.29) is 18.4 Å². The number of benzene rings is 1. The van der Waals surface area contributed by atoms with Gasteiger partial charge in [0.05, 0.1) is 11.9 Å². The van der Waals surface area contributed by atoms with Gasteiger partial charge in [-0.2, -0.15) is 5.26 Å². The van der Waals surface area contributed by atoms with E-state index in [2.05, 4.69) is 31.7 Å². The normalized spacial score (nSPS) is 15.8. The summed E-state index contributed by atoms with van der Waals surface area (Å²) < 4.78 is 5.90. The third kappa shape index (κ3) is 4.64. The molecule has 3 heterocycles. The zero-order valence-electron chi connectivity index (χ0n) is 16.6. The zero-order chi connectivity index (χ0) is 20.8. The van der Waals surface area contributed by atoms with Crippen molar-refractivity contribution >= 4 is 16.5 Å². The van der Waals surface area contributed by atoms with Crippen LogP contribution in [-0.4, -0.2) is 52.4 Å². The van der Waals surface area contributed by atoms with Crippen LogP contribution < -0.4 is 15.4 Å². The Bertz CT molecular complexity index is 1060. The van der Waals surface area contributed by atoms with Gasteiger partial charge in [-0.05, 0) is 36.9 Å². The lowest BCUT2D eigenvalue weighted by atomic mass is 10.1. The predicted molar refractivity (Wildman–Crippen MR) is 113 cm³/mol. The maximum atomic E-state index is 9.31. The van der Waals surface area contributed by atoms with Crippen LogP contribution in [0.2, 0.25) is 0 Å². The van der Waals surface area contributed by atoms with Crippen molar-refractivity contribution in [3.63, 3.8) is 0 Å². The zero-order valence-corrected chi connectivity index (χ0v) is 16.6. The molecule has 0 saturated carbocycles. The summed E-state index contributed by atoms with van der Waals surface area (Å²) in [4.78, 5) is 13.4. The summed E-state index contributed by atoms with van der Waals surface area (Å²) in [6, 6.07) is 10.1. The molecule has 1 aromatic carbocycles. The molecule has 2 aromatic heterocycles. The quantitative estimate of drug-likeness (QED) is 0.489. The highest BCUT2D eigenvalue weighted by Crippen LogP contribution is 2.24.